The minimum absolute atomic E-state index is 0.185. The molecule has 2 aromatic carbocycles. The molecule has 0 fully saturated rings. The number of carbonyl (C=O) groups excluding carboxylic acids is 1. The van der Waals surface area contributed by atoms with Gasteiger partial charge in [0.05, 0.1) is 12.8 Å². The molecule has 0 aromatic heterocycles. The largest absolute Gasteiger partial charge is 0.495 e. The maximum absolute atomic E-state index is 12.4. The highest BCUT2D eigenvalue weighted by molar-refractivity contribution is 6.06. The maximum atomic E-state index is 12.4. The third-order valence-corrected chi connectivity index (χ3v) is 3.09. The molecule has 0 bridgehead atoms. The van der Waals surface area contributed by atoms with Gasteiger partial charge in [-0.25, -0.2) is 0 Å². The van der Waals surface area contributed by atoms with Crippen LogP contribution in [0.2, 0.25) is 0 Å². The Morgan fingerprint density at radius 1 is 1.25 bits per heavy atom. The van der Waals surface area contributed by atoms with Crippen molar-refractivity contribution < 1.29 is 9.53 Å². The second-order valence-corrected chi connectivity index (χ2v) is 4.52. The van der Waals surface area contributed by atoms with E-state index in [-0.39, 0.29) is 5.91 Å². The molecule has 0 saturated carbocycles. The summed E-state index contributed by atoms with van der Waals surface area (Å²) < 4.78 is 5.25. The Bertz CT molecular complexity index is 624. The van der Waals surface area contributed by atoms with E-state index in [1.54, 1.807) is 13.2 Å². The number of methoxy groups -OCH3 is 1. The SMILES string of the molecule is COc1ccc(C)cc1NC(=O)c1ccccc1CN. The van der Waals surface area contributed by atoms with Crippen LogP contribution in [-0.4, -0.2) is 13.0 Å². The van der Waals surface area contributed by atoms with E-state index in [2.05, 4.69) is 5.32 Å². The molecule has 4 nitrogen and oxygen atoms in total. The monoisotopic (exact) mass is 270 g/mol. The van der Waals surface area contributed by atoms with Gasteiger partial charge in [-0.15, -0.1) is 0 Å². The fourth-order valence-corrected chi connectivity index (χ4v) is 2.03. The number of hydrogen-bond acceptors (Lipinski definition) is 3. The number of nitrogens with two attached hydrogens (primary N) is 1. The van der Waals surface area contributed by atoms with Crippen LogP contribution in [0.15, 0.2) is 42.5 Å². The average Bonchev–Trinajstić information content (AvgIpc) is 2.47. The van der Waals surface area contributed by atoms with Gasteiger partial charge >= 0.3 is 0 Å². The van der Waals surface area contributed by atoms with Crippen molar-refractivity contribution in [1.29, 1.82) is 0 Å². The van der Waals surface area contributed by atoms with E-state index in [0.29, 0.717) is 23.5 Å². The van der Waals surface area contributed by atoms with Gasteiger partial charge < -0.3 is 15.8 Å². The molecule has 0 aliphatic heterocycles. The molecule has 0 aliphatic carbocycles. The minimum Gasteiger partial charge on any atom is -0.495 e. The normalized spacial score (nSPS) is 10.2. The van der Waals surface area contributed by atoms with Crippen LogP contribution in [0, 0.1) is 6.92 Å². The molecule has 0 heterocycles. The van der Waals surface area contributed by atoms with Crippen LogP contribution in [0.25, 0.3) is 0 Å². The quantitative estimate of drug-likeness (QED) is 0.897. The molecule has 0 radical (unpaired) electrons. The smallest absolute Gasteiger partial charge is 0.256 e. The number of hydrogen-bond donors (Lipinski definition) is 2. The van der Waals surface area contributed by atoms with Crippen LogP contribution in [-0.2, 0) is 6.54 Å². The van der Waals surface area contributed by atoms with Gasteiger partial charge in [0.2, 0.25) is 0 Å². The van der Waals surface area contributed by atoms with E-state index in [1.807, 2.05) is 43.3 Å². The van der Waals surface area contributed by atoms with Crippen molar-refractivity contribution in [3.05, 3.63) is 59.2 Å². The van der Waals surface area contributed by atoms with Gasteiger partial charge in [0.25, 0.3) is 5.91 Å². The minimum atomic E-state index is -0.185. The number of aryl methyl sites for hydroxylation is 1. The molecule has 0 saturated heterocycles. The van der Waals surface area contributed by atoms with E-state index in [9.17, 15) is 4.79 Å². The average molecular weight is 270 g/mol. The van der Waals surface area contributed by atoms with Crippen molar-refractivity contribution in [2.45, 2.75) is 13.5 Å². The number of anilines is 1. The molecule has 1 amide bonds. The Hall–Kier alpha value is -2.33. The number of benzene rings is 2. The van der Waals surface area contributed by atoms with Crippen molar-refractivity contribution in [2.75, 3.05) is 12.4 Å². The Morgan fingerprint density at radius 2 is 2.00 bits per heavy atom. The lowest BCUT2D eigenvalue weighted by Gasteiger charge is -2.12. The van der Waals surface area contributed by atoms with Crippen LogP contribution in [0.5, 0.6) is 5.75 Å². The van der Waals surface area contributed by atoms with Crippen LogP contribution in [0.3, 0.4) is 0 Å². The molecule has 20 heavy (non-hydrogen) atoms. The van der Waals surface area contributed by atoms with Gasteiger partial charge in [-0.3, -0.25) is 4.79 Å². The standard InChI is InChI=1S/C16H18N2O2/c1-11-7-8-15(20-2)14(9-11)18-16(19)13-6-4-3-5-12(13)10-17/h3-9H,10,17H2,1-2H3,(H,18,19). The van der Waals surface area contributed by atoms with Crippen molar-refractivity contribution in [2.24, 2.45) is 5.73 Å². The fourth-order valence-electron chi connectivity index (χ4n) is 2.03. The van der Waals surface area contributed by atoms with E-state index >= 15 is 0 Å². The zero-order valence-corrected chi connectivity index (χ0v) is 11.6. The van der Waals surface area contributed by atoms with E-state index < -0.39 is 0 Å². The molecule has 0 unspecified atom stereocenters. The van der Waals surface area contributed by atoms with Crippen molar-refractivity contribution in [3.8, 4) is 5.75 Å². The number of rotatable bonds is 4. The molecule has 4 heteroatoms. The summed E-state index contributed by atoms with van der Waals surface area (Å²) in [5.41, 5.74) is 8.76. The number of amides is 1. The second-order valence-electron chi connectivity index (χ2n) is 4.52. The Balaban J connectivity index is 2.30. The summed E-state index contributed by atoms with van der Waals surface area (Å²) in [6, 6.07) is 12.9. The topological polar surface area (TPSA) is 64.3 Å². The van der Waals surface area contributed by atoms with Crippen molar-refractivity contribution in [3.63, 3.8) is 0 Å². The summed E-state index contributed by atoms with van der Waals surface area (Å²) in [5.74, 6) is 0.448. The van der Waals surface area contributed by atoms with E-state index in [1.165, 1.54) is 0 Å². The number of ether oxygens (including phenoxy) is 1. The third kappa shape index (κ3) is 2.97. The van der Waals surface area contributed by atoms with E-state index in [0.717, 1.165) is 11.1 Å². The molecule has 0 aliphatic rings. The molecule has 0 atom stereocenters. The first kappa shape index (κ1) is 14.1. The predicted molar refractivity (Wildman–Crippen MR) is 80.0 cm³/mol. The van der Waals surface area contributed by atoms with E-state index in [4.69, 9.17) is 10.5 Å². The molecular weight excluding hydrogens is 252 g/mol. The first-order valence-electron chi connectivity index (χ1n) is 6.39. The summed E-state index contributed by atoms with van der Waals surface area (Å²) in [6.07, 6.45) is 0. The summed E-state index contributed by atoms with van der Waals surface area (Å²) >= 11 is 0. The Kier molecular flexibility index (Phi) is 4.38. The van der Waals surface area contributed by atoms with Gasteiger partial charge in [0, 0.05) is 12.1 Å². The van der Waals surface area contributed by atoms with Gasteiger partial charge in [0.15, 0.2) is 0 Å². The number of nitrogens with one attached hydrogen (secondary N) is 1. The maximum Gasteiger partial charge on any atom is 0.256 e. The zero-order valence-electron chi connectivity index (χ0n) is 11.6. The van der Waals surface area contributed by atoms with Crippen LogP contribution in [0.4, 0.5) is 5.69 Å². The van der Waals surface area contributed by atoms with Crippen molar-refractivity contribution in [1.82, 2.24) is 0 Å². The first-order chi connectivity index (χ1) is 9.65. The fraction of sp³-hybridized carbons (Fsp3) is 0.188. The molecule has 0 spiro atoms. The summed E-state index contributed by atoms with van der Waals surface area (Å²) in [7, 11) is 1.58. The van der Waals surface area contributed by atoms with Crippen LogP contribution < -0.4 is 15.8 Å². The molecule has 3 N–H and O–H groups in total. The lowest BCUT2D eigenvalue weighted by Crippen LogP contribution is -2.16. The highest BCUT2D eigenvalue weighted by Crippen LogP contribution is 2.26. The van der Waals surface area contributed by atoms with Gasteiger partial charge in [-0.2, -0.15) is 0 Å². The Labute approximate surface area is 118 Å². The van der Waals surface area contributed by atoms with Gasteiger partial charge in [-0.05, 0) is 36.2 Å². The highest BCUT2D eigenvalue weighted by Gasteiger charge is 2.12. The zero-order chi connectivity index (χ0) is 14.5. The molecule has 2 aromatic rings. The molecule has 2 rings (SSSR count). The molecule has 104 valence electrons. The third-order valence-electron chi connectivity index (χ3n) is 3.09. The molecular formula is C16H18N2O2. The van der Waals surface area contributed by atoms with Crippen LogP contribution in [0.1, 0.15) is 21.5 Å². The Morgan fingerprint density at radius 3 is 2.70 bits per heavy atom. The lowest BCUT2D eigenvalue weighted by molar-refractivity contribution is 0.102. The van der Waals surface area contributed by atoms with Gasteiger partial charge in [-0.1, -0.05) is 24.3 Å². The van der Waals surface area contributed by atoms with Crippen LogP contribution >= 0.6 is 0 Å². The lowest BCUT2D eigenvalue weighted by atomic mass is 10.1. The summed E-state index contributed by atoms with van der Waals surface area (Å²) in [4.78, 5) is 12.4. The second kappa shape index (κ2) is 6.21. The highest BCUT2D eigenvalue weighted by atomic mass is 16.5. The number of carbonyl (C=O) groups is 1. The summed E-state index contributed by atoms with van der Waals surface area (Å²) in [6.45, 7) is 2.29. The predicted octanol–water partition coefficient (Wildman–Crippen LogP) is 2.71. The first-order valence-corrected chi connectivity index (χ1v) is 6.39. The summed E-state index contributed by atoms with van der Waals surface area (Å²) in [5, 5.41) is 2.87. The van der Waals surface area contributed by atoms with Crippen molar-refractivity contribution >= 4 is 11.6 Å². The van der Waals surface area contributed by atoms with Gasteiger partial charge in [0.1, 0.15) is 5.75 Å².